The second-order valence-electron chi connectivity index (χ2n) is 5.92. The molecule has 0 aromatic heterocycles. The van der Waals surface area contributed by atoms with E-state index in [2.05, 4.69) is 24.5 Å². The standard InChI is InChI=1S/C18H26N2O6/c1-12(2)7-8-25-14-6-5-13(9-15(14)24-4)18(23)26-11-17(22)20-10-16(21)19-3/h5-6,9,12H,7-8,10-11H2,1-4H3,(H,19,21)(H,20,22). The van der Waals surface area contributed by atoms with Gasteiger partial charge in [0.2, 0.25) is 5.91 Å². The third-order valence-electron chi connectivity index (χ3n) is 3.41. The summed E-state index contributed by atoms with van der Waals surface area (Å²) in [5, 5.41) is 4.69. The summed E-state index contributed by atoms with van der Waals surface area (Å²) in [5.74, 6) is -0.123. The molecule has 8 nitrogen and oxygen atoms in total. The fraction of sp³-hybridized carbons (Fsp3) is 0.500. The molecule has 0 bridgehead atoms. The van der Waals surface area contributed by atoms with Gasteiger partial charge in [0.1, 0.15) is 0 Å². The summed E-state index contributed by atoms with van der Waals surface area (Å²) in [6, 6.07) is 4.66. The lowest BCUT2D eigenvalue weighted by Gasteiger charge is -2.13. The van der Waals surface area contributed by atoms with Gasteiger partial charge in [-0.1, -0.05) is 13.8 Å². The molecule has 0 aliphatic heterocycles. The van der Waals surface area contributed by atoms with Crippen LogP contribution in [-0.2, 0) is 14.3 Å². The van der Waals surface area contributed by atoms with E-state index in [9.17, 15) is 14.4 Å². The Kier molecular flexibility index (Phi) is 8.97. The second-order valence-corrected chi connectivity index (χ2v) is 5.92. The monoisotopic (exact) mass is 366 g/mol. The van der Waals surface area contributed by atoms with Crippen LogP contribution in [0.2, 0.25) is 0 Å². The molecule has 0 saturated carbocycles. The van der Waals surface area contributed by atoms with Crippen LogP contribution in [0.3, 0.4) is 0 Å². The van der Waals surface area contributed by atoms with Crippen LogP contribution >= 0.6 is 0 Å². The van der Waals surface area contributed by atoms with Gasteiger partial charge in [-0.05, 0) is 30.5 Å². The molecule has 2 amide bonds. The number of likely N-dealkylation sites (N-methyl/N-ethyl adjacent to an activating group) is 1. The van der Waals surface area contributed by atoms with Crippen molar-refractivity contribution >= 4 is 17.8 Å². The number of methoxy groups -OCH3 is 1. The molecule has 0 aliphatic carbocycles. The van der Waals surface area contributed by atoms with Crippen molar-refractivity contribution in [1.29, 1.82) is 0 Å². The number of nitrogens with one attached hydrogen (secondary N) is 2. The Morgan fingerprint density at radius 2 is 1.85 bits per heavy atom. The topological polar surface area (TPSA) is 103 Å². The van der Waals surface area contributed by atoms with Gasteiger partial charge in [-0.25, -0.2) is 4.79 Å². The first-order valence-electron chi connectivity index (χ1n) is 8.32. The normalized spacial score (nSPS) is 10.2. The zero-order valence-electron chi connectivity index (χ0n) is 15.6. The van der Waals surface area contributed by atoms with Crippen molar-refractivity contribution in [2.24, 2.45) is 5.92 Å². The van der Waals surface area contributed by atoms with Crippen LogP contribution in [0.25, 0.3) is 0 Å². The number of ether oxygens (including phenoxy) is 3. The van der Waals surface area contributed by atoms with Crippen molar-refractivity contribution in [2.75, 3.05) is 33.9 Å². The quantitative estimate of drug-likeness (QED) is 0.602. The van der Waals surface area contributed by atoms with Crippen LogP contribution in [0.5, 0.6) is 11.5 Å². The summed E-state index contributed by atoms with van der Waals surface area (Å²) in [6.07, 6.45) is 0.901. The van der Waals surface area contributed by atoms with E-state index >= 15 is 0 Å². The van der Waals surface area contributed by atoms with Gasteiger partial charge in [0.25, 0.3) is 5.91 Å². The minimum Gasteiger partial charge on any atom is -0.493 e. The average Bonchev–Trinajstić information content (AvgIpc) is 2.63. The summed E-state index contributed by atoms with van der Waals surface area (Å²) in [5.41, 5.74) is 0.233. The molecule has 0 unspecified atom stereocenters. The van der Waals surface area contributed by atoms with E-state index in [1.165, 1.54) is 26.3 Å². The average molecular weight is 366 g/mol. The number of esters is 1. The Balaban J connectivity index is 2.58. The third-order valence-corrected chi connectivity index (χ3v) is 3.41. The molecule has 0 fully saturated rings. The molecule has 0 radical (unpaired) electrons. The van der Waals surface area contributed by atoms with Crippen molar-refractivity contribution in [3.8, 4) is 11.5 Å². The number of amides is 2. The molecule has 2 N–H and O–H groups in total. The Hall–Kier alpha value is -2.77. The van der Waals surface area contributed by atoms with Crippen LogP contribution in [0, 0.1) is 5.92 Å². The molecule has 1 aromatic rings. The second kappa shape index (κ2) is 11.0. The zero-order chi connectivity index (χ0) is 19.5. The lowest BCUT2D eigenvalue weighted by molar-refractivity contribution is -0.127. The molecule has 0 heterocycles. The number of benzene rings is 1. The number of hydrogen-bond donors (Lipinski definition) is 2. The van der Waals surface area contributed by atoms with E-state index in [0.717, 1.165) is 6.42 Å². The molecule has 1 aromatic carbocycles. The molecule has 26 heavy (non-hydrogen) atoms. The summed E-state index contributed by atoms with van der Waals surface area (Å²) in [6.45, 7) is 4.09. The minimum atomic E-state index is -0.674. The number of carbonyl (C=O) groups excluding carboxylic acids is 3. The summed E-state index contributed by atoms with van der Waals surface area (Å²) in [4.78, 5) is 34.6. The maximum absolute atomic E-state index is 12.0. The molecule has 0 aliphatic rings. The molecule has 0 spiro atoms. The Morgan fingerprint density at radius 3 is 2.46 bits per heavy atom. The maximum atomic E-state index is 12.0. The van der Waals surface area contributed by atoms with Gasteiger partial charge >= 0.3 is 5.97 Å². The van der Waals surface area contributed by atoms with Gasteiger partial charge in [0.05, 0.1) is 25.8 Å². The van der Waals surface area contributed by atoms with Gasteiger partial charge in [-0.15, -0.1) is 0 Å². The van der Waals surface area contributed by atoms with E-state index in [4.69, 9.17) is 14.2 Å². The highest BCUT2D eigenvalue weighted by Gasteiger charge is 2.14. The molecule has 8 heteroatoms. The van der Waals surface area contributed by atoms with Crippen LogP contribution in [0.1, 0.15) is 30.6 Å². The largest absolute Gasteiger partial charge is 0.493 e. The lowest BCUT2D eigenvalue weighted by atomic mass is 10.1. The van der Waals surface area contributed by atoms with E-state index in [0.29, 0.717) is 24.0 Å². The van der Waals surface area contributed by atoms with Crippen molar-refractivity contribution in [2.45, 2.75) is 20.3 Å². The zero-order valence-corrected chi connectivity index (χ0v) is 15.6. The van der Waals surface area contributed by atoms with Crippen molar-refractivity contribution < 1.29 is 28.6 Å². The van der Waals surface area contributed by atoms with Gasteiger partial charge in [-0.3, -0.25) is 9.59 Å². The van der Waals surface area contributed by atoms with Crippen LogP contribution in [0.4, 0.5) is 0 Å². The fourth-order valence-electron chi connectivity index (χ4n) is 1.85. The number of rotatable bonds is 10. The first-order chi connectivity index (χ1) is 12.4. The number of hydrogen-bond acceptors (Lipinski definition) is 6. The first-order valence-corrected chi connectivity index (χ1v) is 8.32. The Labute approximate surface area is 153 Å². The van der Waals surface area contributed by atoms with E-state index in [-0.39, 0.29) is 18.0 Å². The van der Waals surface area contributed by atoms with E-state index in [1.54, 1.807) is 6.07 Å². The predicted molar refractivity (Wildman–Crippen MR) is 95.3 cm³/mol. The first kappa shape index (κ1) is 21.3. The van der Waals surface area contributed by atoms with Crippen molar-refractivity contribution in [3.63, 3.8) is 0 Å². The van der Waals surface area contributed by atoms with Gasteiger partial charge in [0, 0.05) is 7.05 Å². The summed E-state index contributed by atoms with van der Waals surface area (Å²) in [7, 11) is 2.93. The number of carbonyl (C=O) groups is 3. The molecular weight excluding hydrogens is 340 g/mol. The van der Waals surface area contributed by atoms with Gasteiger partial charge in [0.15, 0.2) is 18.1 Å². The highest BCUT2D eigenvalue weighted by atomic mass is 16.5. The SMILES string of the molecule is CNC(=O)CNC(=O)COC(=O)c1ccc(OCCC(C)C)c(OC)c1. The highest BCUT2D eigenvalue weighted by Crippen LogP contribution is 2.28. The molecule has 0 atom stereocenters. The predicted octanol–water partition coefficient (Wildman–Crippen LogP) is 1.14. The summed E-state index contributed by atoms with van der Waals surface area (Å²) >= 11 is 0. The third kappa shape index (κ3) is 7.42. The van der Waals surface area contributed by atoms with E-state index < -0.39 is 18.5 Å². The molecular formula is C18H26N2O6. The highest BCUT2D eigenvalue weighted by molar-refractivity contribution is 5.92. The molecule has 1 rings (SSSR count). The minimum absolute atomic E-state index is 0.177. The van der Waals surface area contributed by atoms with E-state index in [1.807, 2.05) is 0 Å². The lowest BCUT2D eigenvalue weighted by Crippen LogP contribution is -2.37. The van der Waals surface area contributed by atoms with Crippen molar-refractivity contribution in [3.05, 3.63) is 23.8 Å². The van der Waals surface area contributed by atoms with Crippen molar-refractivity contribution in [1.82, 2.24) is 10.6 Å². The maximum Gasteiger partial charge on any atom is 0.338 e. The molecule has 0 saturated heterocycles. The Bertz CT molecular complexity index is 630. The smallest absolute Gasteiger partial charge is 0.338 e. The van der Waals surface area contributed by atoms with Gasteiger partial charge in [-0.2, -0.15) is 0 Å². The van der Waals surface area contributed by atoms with Crippen LogP contribution in [-0.4, -0.2) is 51.7 Å². The summed E-state index contributed by atoms with van der Waals surface area (Å²) < 4.78 is 15.8. The fourth-order valence-corrected chi connectivity index (χ4v) is 1.85. The van der Waals surface area contributed by atoms with Crippen LogP contribution < -0.4 is 20.1 Å². The molecule has 144 valence electrons. The van der Waals surface area contributed by atoms with Crippen LogP contribution in [0.15, 0.2) is 18.2 Å². The Morgan fingerprint density at radius 1 is 1.12 bits per heavy atom. The van der Waals surface area contributed by atoms with Gasteiger partial charge < -0.3 is 24.8 Å².